The van der Waals surface area contributed by atoms with Crippen LogP contribution in [0, 0.1) is 0 Å². The van der Waals surface area contributed by atoms with Crippen LogP contribution in [0.5, 0.6) is 0 Å². The predicted octanol–water partition coefficient (Wildman–Crippen LogP) is 3.50. The summed E-state index contributed by atoms with van der Waals surface area (Å²) in [6.45, 7) is 2.48. The number of benzene rings is 1. The van der Waals surface area contributed by atoms with Crippen molar-refractivity contribution in [1.82, 2.24) is 5.43 Å². The van der Waals surface area contributed by atoms with Gasteiger partial charge in [0.25, 0.3) is 0 Å². The van der Waals surface area contributed by atoms with Gasteiger partial charge in [-0.25, -0.2) is 5.84 Å². The molecule has 0 unspecified atom stereocenters. The summed E-state index contributed by atoms with van der Waals surface area (Å²) in [5.41, 5.74) is 1.37. The van der Waals surface area contributed by atoms with Crippen LogP contribution in [0.2, 0.25) is 0 Å². The minimum Gasteiger partial charge on any atom is -0.325 e. The van der Waals surface area contributed by atoms with E-state index in [0.717, 1.165) is 18.9 Å². The van der Waals surface area contributed by atoms with E-state index >= 15 is 0 Å². The van der Waals surface area contributed by atoms with Gasteiger partial charge in [0.15, 0.2) is 0 Å². The predicted molar refractivity (Wildman–Crippen MR) is 77.3 cm³/mol. The van der Waals surface area contributed by atoms with Crippen LogP contribution >= 0.6 is 15.9 Å². The Morgan fingerprint density at radius 1 is 1.40 bits per heavy atom. The highest BCUT2D eigenvalue weighted by molar-refractivity contribution is 9.10. The number of nitrogens with two attached hydrogens (primary N) is 1. The molecule has 0 saturated heterocycles. The van der Waals surface area contributed by atoms with Crippen molar-refractivity contribution >= 4 is 27.6 Å². The number of hydrogen-bond acceptors (Lipinski definition) is 2. The first-order valence-corrected chi connectivity index (χ1v) is 6.82. The average molecular weight is 353 g/mol. The number of hydrazine groups is 1. The average Bonchev–Trinajstić information content (AvgIpc) is 2.38. The van der Waals surface area contributed by atoms with Gasteiger partial charge in [0.2, 0.25) is 5.96 Å². The third-order valence-electron chi connectivity index (χ3n) is 2.46. The quantitative estimate of drug-likeness (QED) is 0.255. The van der Waals surface area contributed by atoms with Crippen molar-refractivity contribution in [2.45, 2.75) is 25.9 Å². The molecular weight excluding hydrogens is 337 g/mol. The van der Waals surface area contributed by atoms with E-state index in [-0.39, 0.29) is 11.6 Å². The molecule has 4 N–H and O–H groups in total. The van der Waals surface area contributed by atoms with Gasteiger partial charge in [-0.15, -0.1) is 0 Å². The van der Waals surface area contributed by atoms with E-state index in [2.05, 4.69) is 31.7 Å². The number of aliphatic imine (C=N–C) groups is 1. The molecule has 0 bridgehead atoms. The van der Waals surface area contributed by atoms with Crippen molar-refractivity contribution < 1.29 is 13.2 Å². The Morgan fingerprint density at radius 2 is 2.10 bits per heavy atom. The summed E-state index contributed by atoms with van der Waals surface area (Å²) < 4.78 is 39.2. The third kappa shape index (κ3) is 5.01. The van der Waals surface area contributed by atoms with Crippen molar-refractivity contribution in [2.75, 3.05) is 11.9 Å². The maximum absolute atomic E-state index is 12.9. The van der Waals surface area contributed by atoms with Gasteiger partial charge in [-0.1, -0.05) is 29.3 Å². The largest absolute Gasteiger partial charge is 0.418 e. The molecule has 0 aromatic heterocycles. The highest BCUT2D eigenvalue weighted by Gasteiger charge is 2.34. The van der Waals surface area contributed by atoms with Crippen molar-refractivity contribution in [2.24, 2.45) is 10.8 Å². The monoisotopic (exact) mass is 352 g/mol. The molecule has 0 atom stereocenters. The van der Waals surface area contributed by atoms with Crippen LogP contribution in [-0.4, -0.2) is 12.5 Å². The fourth-order valence-corrected chi connectivity index (χ4v) is 1.82. The Labute approximate surface area is 123 Å². The van der Waals surface area contributed by atoms with Crippen LogP contribution in [0.3, 0.4) is 0 Å². The SMILES string of the molecule is CCCCN=C(NN)Nc1ccc(Br)cc1C(F)(F)F. The van der Waals surface area contributed by atoms with Crippen LogP contribution in [0.25, 0.3) is 0 Å². The smallest absolute Gasteiger partial charge is 0.325 e. The highest BCUT2D eigenvalue weighted by atomic mass is 79.9. The summed E-state index contributed by atoms with van der Waals surface area (Å²) in [6, 6.07) is 3.83. The van der Waals surface area contributed by atoms with Crippen LogP contribution < -0.4 is 16.6 Å². The molecule has 1 aromatic carbocycles. The maximum Gasteiger partial charge on any atom is 0.418 e. The van der Waals surface area contributed by atoms with Crippen molar-refractivity contribution in [3.63, 3.8) is 0 Å². The van der Waals surface area contributed by atoms with Gasteiger partial charge in [-0.05, 0) is 24.6 Å². The zero-order valence-electron chi connectivity index (χ0n) is 10.9. The first kappa shape index (κ1) is 16.8. The molecule has 0 aliphatic heterocycles. The summed E-state index contributed by atoms with van der Waals surface area (Å²) in [6.07, 6.45) is -2.69. The summed E-state index contributed by atoms with van der Waals surface area (Å²) in [7, 11) is 0. The lowest BCUT2D eigenvalue weighted by Gasteiger charge is -2.16. The van der Waals surface area contributed by atoms with Crippen LogP contribution in [0.1, 0.15) is 25.3 Å². The molecule has 1 rings (SSSR count). The number of anilines is 1. The second-order valence-electron chi connectivity index (χ2n) is 4.04. The standard InChI is InChI=1S/C12H16BrF3N4/c1-2-3-6-18-11(20-17)19-10-5-4-8(13)7-9(10)12(14,15)16/h4-5,7H,2-3,6,17H2,1H3,(H2,18,19,20). The van der Waals surface area contributed by atoms with Gasteiger partial charge < -0.3 is 5.32 Å². The third-order valence-corrected chi connectivity index (χ3v) is 2.95. The molecule has 0 aliphatic carbocycles. The Bertz CT molecular complexity index is 474. The number of unbranched alkanes of at least 4 members (excludes halogenated alkanes) is 1. The maximum atomic E-state index is 12.9. The topological polar surface area (TPSA) is 62.4 Å². The first-order valence-electron chi connectivity index (χ1n) is 6.03. The molecule has 0 aliphatic rings. The summed E-state index contributed by atoms with van der Waals surface area (Å²) in [5.74, 6) is 5.36. The lowest BCUT2D eigenvalue weighted by atomic mass is 10.1. The van der Waals surface area contributed by atoms with Crippen molar-refractivity contribution in [3.8, 4) is 0 Å². The van der Waals surface area contributed by atoms with E-state index < -0.39 is 11.7 Å². The molecule has 4 nitrogen and oxygen atoms in total. The molecule has 0 saturated carbocycles. The number of guanidine groups is 1. The number of rotatable bonds is 4. The molecule has 0 radical (unpaired) electrons. The van der Waals surface area contributed by atoms with Gasteiger partial charge in [-0.3, -0.25) is 10.4 Å². The molecule has 0 spiro atoms. The molecule has 1 aromatic rings. The van der Waals surface area contributed by atoms with Gasteiger partial charge >= 0.3 is 6.18 Å². The fourth-order valence-electron chi connectivity index (χ4n) is 1.46. The summed E-state index contributed by atoms with van der Waals surface area (Å²) in [4.78, 5) is 4.06. The van der Waals surface area contributed by atoms with E-state index in [4.69, 9.17) is 5.84 Å². The number of nitrogens with one attached hydrogen (secondary N) is 2. The Hall–Kier alpha value is -1.28. The zero-order valence-corrected chi connectivity index (χ0v) is 12.5. The van der Waals surface area contributed by atoms with Crippen LogP contribution in [0.4, 0.5) is 18.9 Å². The molecule has 8 heteroatoms. The Kier molecular flexibility index (Phi) is 6.28. The number of hydrogen-bond donors (Lipinski definition) is 3. The van der Waals surface area contributed by atoms with E-state index in [1.165, 1.54) is 12.1 Å². The minimum absolute atomic E-state index is 0.103. The number of halogens is 4. The van der Waals surface area contributed by atoms with Gasteiger partial charge in [0.05, 0.1) is 11.3 Å². The Balaban J connectivity index is 2.98. The normalized spacial score (nSPS) is 12.4. The minimum atomic E-state index is -4.46. The Morgan fingerprint density at radius 3 is 2.65 bits per heavy atom. The van der Waals surface area contributed by atoms with E-state index in [1.807, 2.05) is 6.92 Å². The second kappa shape index (κ2) is 7.49. The molecule has 0 amide bonds. The highest BCUT2D eigenvalue weighted by Crippen LogP contribution is 2.36. The zero-order chi connectivity index (χ0) is 15.2. The second-order valence-corrected chi connectivity index (χ2v) is 4.96. The first-order chi connectivity index (χ1) is 9.38. The lowest BCUT2D eigenvalue weighted by molar-refractivity contribution is -0.136. The van der Waals surface area contributed by atoms with E-state index in [1.54, 1.807) is 0 Å². The van der Waals surface area contributed by atoms with Gasteiger partial charge in [-0.2, -0.15) is 13.2 Å². The number of nitrogens with zero attached hydrogens (tertiary/aromatic N) is 1. The van der Waals surface area contributed by atoms with Crippen molar-refractivity contribution in [1.29, 1.82) is 0 Å². The lowest BCUT2D eigenvalue weighted by Crippen LogP contribution is -2.37. The molecule has 112 valence electrons. The van der Waals surface area contributed by atoms with Gasteiger partial charge in [0, 0.05) is 11.0 Å². The van der Waals surface area contributed by atoms with Crippen molar-refractivity contribution in [3.05, 3.63) is 28.2 Å². The van der Waals surface area contributed by atoms with Crippen LogP contribution in [0.15, 0.2) is 27.7 Å². The number of alkyl halides is 3. The molecule has 0 fully saturated rings. The van der Waals surface area contributed by atoms with Gasteiger partial charge in [0.1, 0.15) is 0 Å². The fraction of sp³-hybridized carbons (Fsp3) is 0.417. The van der Waals surface area contributed by atoms with E-state index in [9.17, 15) is 13.2 Å². The molecule has 20 heavy (non-hydrogen) atoms. The van der Waals surface area contributed by atoms with E-state index in [0.29, 0.717) is 11.0 Å². The molecular formula is C12H16BrF3N4. The van der Waals surface area contributed by atoms with Crippen LogP contribution in [-0.2, 0) is 6.18 Å². The summed E-state index contributed by atoms with van der Waals surface area (Å²) in [5, 5.41) is 2.56. The summed E-state index contributed by atoms with van der Waals surface area (Å²) >= 11 is 3.03. The molecule has 0 heterocycles.